The first-order valence-corrected chi connectivity index (χ1v) is 7.42. The summed E-state index contributed by atoms with van der Waals surface area (Å²) in [5.41, 5.74) is 2.42. The second-order valence-electron chi connectivity index (χ2n) is 5.84. The van der Waals surface area contributed by atoms with E-state index in [1.807, 2.05) is 26.0 Å². The van der Waals surface area contributed by atoms with Gasteiger partial charge < -0.3 is 9.84 Å². The maximum Gasteiger partial charge on any atom is 0.191 e. The van der Waals surface area contributed by atoms with Crippen LogP contribution in [0, 0.1) is 19.8 Å². The fourth-order valence-corrected chi connectivity index (χ4v) is 3.10. The van der Waals surface area contributed by atoms with Gasteiger partial charge in [-0.2, -0.15) is 0 Å². The average Bonchev–Trinajstić information content (AvgIpc) is 2.48. The van der Waals surface area contributed by atoms with Crippen molar-refractivity contribution in [1.82, 2.24) is 0 Å². The molecule has 1 fully saturated rings. The Morgan fingerprint density at radius 2 is 1.85 bits per heavy atom. The lowest BCUT2D eigenvalue weighted by Gasteiger charge is -2.26. The Labute approximate surface area is 121 Å². The highest BCUT2D eigenvalue weighted by Crippen LogP contribution is 2.30. The van der Waals surface area contributed by atoms with Crippen molar-refractivity contribution in [2.24, 2.45) is 5.92 Å². The second-order valence-corrected chi connectivity index (χ2v) is 5.84. The van der Waals surface area contributed by atoms with E-state index in [2.05, 4.69) is 0 Å². The highest BCUT2D eigenvalue weighted by molar-refractivity contribution is 6.01. The average molecular weight is 276 g/mol. The number of Topliss-reactive ketones (excluding diaryl/α,β-unsaturated/α-hetero) is 1. The smallest absolute Gasteiger partial charge is 0.191 e. The molecule has 3 nitrogen and oxygen atoms in total. The molecule has 0 spiro atoms. The van der Waals surface area contributed by atoms with E-state index in [0.29, 0.717) is 5.56 Å². The molecule has 0 heterocycles. The molecule has 0 saturated heterocycles. The van der Waals surface area contributed by atoms with Crippen LogP contribution in [0.2, 0.25) is 0 Å². The zero-order valence-corrected chi connectivity index (χ0v) is 12.6. The molecule has 3 heteroatoms. The van der Waals surface area contributed by atoms with E-state index in [4.69, 9.17) is 4.74 Å². The van der Waals surface area contributed by atoms with Gasteiger partial charge in [-0.1, -0.05) is 19.3 Å². The van der Waals surface area contributed by atoms with Crippen molar-refractivity contribution in [1.29, 1.82) is 0 Å². The predicted octanol–water partition coefficient (Wildman–Crippen LogP) is 3.44. The summed E-state index contributed by atoms with van der Waals surface area (Å²) in [6.07, 6.45) is 4.52. The van der Waals surface area contributed by atoms with Gasteiger partial charge in [0.15, 0.2) is 5.78 Å². The minimum Gasteiger partial charge on any atom is -0.496 e. The number of aliphatic hydroxyl groups excluding tert-OH is 1. The number of ketones is 1. The predicted molar refractivity (Wildman–Crippen MR) is 79.4 cm³/mol. The number of aliphatic hydroxyl groups is 1. The monoisotopic (exact) mass is 276 g/mol. The van der Waals surface area contributed by atoms with Crippen LogP contribution in [-0.4, -0.2) is 24.1 Å². The minimum atomic E-state index is -0.859. The minimum absolute atomic E-state index is 0.123. The molecule has 0 aliphatic heterocycles. The zero-order valence-electron chi connectivity index (χ0n) is 12.6. The first-order chi connectivity index (χ1) is 9.54. The number of carbonyl (C=O) groups excluding carboxylic acids is 1. The van der Waals surface area contributed by atoms with Gasteiger partial charge in [-0.25, -0.2) is 0 Å². The molecule has 0 amide bonds. The molecule has 1 N–H and O–H groups in total. The molecule has 1 aliphatic carbocycles. The fourth-order valence-electron chi connectivity index (χ4n) is 3.10. The third-order valence-electron chi connectivity index (χ3n) is 4.37. The van der Waals surface area contributed by atoms with Crippen LogP contribution in [0.5, 0.6) is 5.75 Å². The summed E-state index contributed by atoms with van der Waals surface area (Å²) in [6.45, 7) is 3.81. The molecular formula is C17H24O3. The summed E-state index contributed by atoms with van der Waals surface area (Å²) in [4.78, 5) is 12.5. The molecule has 1 aromatic rings. The number of hydrogen-bond acceptors (Lipinski definition) is 3. The van der Waals surface area contributed by atoms with E-state index in [-0.39, 0.29) is 11.7 Å². The number of hydrogen-bond donors (Lipinski definition) is 1. The van der Waals surface area contributed by atoms with Crippen LogP contribution in [0.3, 0.4) is 0 Å². The summed E-state index contributed by atoms with van der Waals surface area (Å²) >= 11 is 0. The maximum absolute atomic E-state index is 12.5. The van der Waals surface area contributed by atoms with Gasteiger partial charge in [0.1, 0.15) is 11.9 Å². The molecule has 110 valence electrons. The van der Waals surface area contributed by atoms with Crippen molar-refractivity contribution in [2.75, 3.05) is 7.11 Å². The van der Waals surface area contributed by atoms with Crippen molar-refractivity contribution in [3.63, 3.8) is 0 Å². The Morgan fingerprint density at radius 3 is 2.45 bits per heavy atom. The Hall–Kier alpha value is -1.35. The number of carbonyl (C=O) groups is 1. The summed E-state index contributed by atoms with van der Waals surface area (Å²) < 4.78 is 5.26. The second kappa shape index (κ2) is 6.40. The number of methoxy groups -OCH3 is 1. The number of rotatable bonds is 4. The number of ether oxygens (including phenoxy) is 1. The van der Waals surface area contributed by atoms with Gasteiger partial charge in [0.05, 0.1) is 7.11 Å². The third-order valence-corrected chi connectivity index (χ3v) is 4.37. The first kappa shape index (κ1) is 15.0. The van der Waals surface area contributed by atoms with Gasteiger partial charge in [0.25, 0.3) is 0 Å². The molecule has 1 aromatic carbocycles. The SMILES string of the molecule is COc1cc(C)c(C(=O)C(O)C2CCCCC2)cc1C. The van der Waals surface area contributed by atoms with E-state index in [1.165, 1.54) is 6.42 Å². The van der Waals surface area contributed by atoms with Crippen molar-refractivity contribution in [2.45, 2.75) is 52.1 Å². The molecule has 2 rings (SSSR count). The molecular weight excluding hydrogens is 252 g/mol. The van der Waals surface area contributed by atoms with E-state index in [9.17, 15) is 9.90 Å². The van der Waals surface area contributed by atoms with E-state index >= 15 is 0 Å². The van der Waals surface area contributed by atoms with Crippen LogP contribution < -0.4 is 4.74 Å². The standard InChI is InChI=1S/C17H24O3/c1-11-10-15(20-3)12(2)9-14(11)17(19)16(18)13-7-5-4-6-8-13/h9-10,13,16,18H,4-8H2,1-3H3. The number of aryl methyl sites for hydroxylation is 2. The molecule has 20 heavy (non-hydrogen) atoms. The van der Waals surface area contributed by atoms with Gasteiger partial charge >= 0.3 is 0 Å². The maximum atomic E-state index is 12.5. The lowest BCUT2D eigenvalue weighted by atomic mass is 9.82. The Kier molecular flexibility index (Phi) is 4.81. The summed E-state index contributed by atoms with van der Waals surface area (Å²) in [5, 5.41) is 10.4. The normalized spacial score (nSPS) is 17.8. The Morgan fingerprint density at radius 1 is 1.20 bits per heavy atom. The molecule has 0 bridgehead atoms. The largest absolute Gasteiger partial charge is 0.496 e. The van der Waals surface area contributed by atoms with Gasteiger partial charge in [-0.05, 0) is 55.9 Å². The highest BCUT2D eigenvalue weighted by Gasteiger charge is 2.29. The van der Waals surface area contributed by atoms with Crippen LogP contribution in [0.25, 0.3) is 0 Å². The lowest BCUT2D eigenvalue weighted by molar-refractivity contribution is 0.0534. The van der Waals surface area contributed by atoms with E-state index < -0.39 is 6.10 Å². The zero-order chi connectivity index (χ0) is 14.7. The Balaban J connectivity index is 2.21. The van der Waals surface area contributed by atoms with Gasteiger partial charge in [-0.15, -0.1) is 0 Å². The quantitative estimate of drug-likeness (QED) is 0.857. The molecule has 0 aromatic heterocycles. The van der Waals surface area contributed by atoms with Gasteiger partial charge in [0, 0.05) is 5.56 Å². The topological polar surface area (TPSA) is 46.5 Å². The van der Waals surface area contributed by atoms with E-state index in [0.717, 1.165) is 42.6 Å². The van der Waals surface area contributed by atoms with Crippen LogP contribution in [0.1, 0.15) is 53.6 Å². The molecule has 1 saturated carbocycles. The van der Waals surface area contributed by atoms with E-state index in [1.54, 1.807) is 7.11 Å². The van der Waals surface area contributed by atoms with Crippen LogP contribution in [0.15, 0.2) is 12.1 Å². The van der Waals surface area contributed by atoms with Crippen molar-refractivity contribution < 1.29 is 14.6 Å². The first-order valence-electron chi connectivity index (χ1n) is 7.42. The third kappa shape index (κ3) is 3.04. The van der Waals surface area contributed by atoms with Crippen molar-refractivity contribution in [3.8, 4) is 5.75 Å². The summed E-state index contributed by atoms with van der Waals surface area (Å²) in [6, 6.07) is 3.71. The van der Waals surface area contributed by atoms with Gasteiger partial charge in [0.2, 0.25) is 0 Å². The lowest BCUT2D eigenvalue weighted by Crippen LogP contribution is -2.31. The summed E-state index contributed by atoms with van der Waals surface area (Å²) in [7, 11) is 1.63. The molecule has 1 atom stereocenters. The summed E-state index contributed by atoms with van der Waals surface area (Å²) in [5.74, 6) is 0.768. The van der Waals surface area contributed by atoms with Crippen LogP contribution >= 0.6 is 0 Å². The van der Waals surface area contributed by atoms with Crippen LogP contribution in [-0.2, 0) is 0 Å². The molecule has 1 aliphatic rings. The molecule has 0 radical (unpaired) electrons. The van der Waals surface area contributed by atoms with Crippen molar-refractivity contribution in [3.05, 3.63) is 28.8 Å². The highest BCUT2D eigenvalue weighted by atomic mass is 16.5. The van der Waals surface area contributed by atoms with Crippen LogP contribution in [0.4, 0.5) is 0 Å². The van der Waals surface area contributed by atoms with Gasteiger partial charge in [-0.3, -0.25) is 4.79 Å². The fraction of sp³-hybridized carbons (Fsp3) is 0.588. The molecule has 1 unspecified atom stereocenters. The Bertz CT molecular complexity index is 487. The van der Waals surface area contributed by atoms with Crippen molar-refractivity contribution >= 4 is 5.78 Å². The number of benzene rings is 1.